The molecule has 0 aromatic carbocycles. The van der Waals surface area contributed by atoms with Crippen LogP contribution in [-0.2, 0) is 16.0 Å². The standard InChI is InChI=1S/C10H17N3O2/c1-2-13-6-8(5-12-13)10(11)9-7-14-3-4-15-9/h5-6,9-10H,2-4,7,11H2,1H3. The van der Waals surface area contributed by atoms with Gasteiger partial charge in [0.2, 0.25) is 0 Å². The highest BCUT2D eigenvalue weighted by molar-refractivity contribution is 5.11. The monoisotopic (exact) mass is 211 g/mol. The fourth-order valence-electron chi connectivity index (χ4n) is 1.65. The highest BCUT2D eigenvalue weighted by Gasteiger charge is 2.24. The van der Waals surface area contributed by atoms with Gasteiger partial charge < -0.3 is 15.2 Å². The summed E-state index contributed by atoms with van der Waals surface area (Å²) >= 11 is 0. The average molecular weight is 211 g/mol. The molecule has 0 saturated carbocycles. The molecule has 1 aromatic rings. The third-order valence-electron chi connectivity index (χ3n) is 2.60. The molecule has 0 radical (unpaired) electrons. The zero-order chi connectivity index (χ0) is 10.7. The summed E-state index contributed by atoms with van der Waals surface area (Å²) in [4.78, 5) is 0. The van der Waals surface area contributed by atoms with Crippen LogP contribution in [0.3, 0.4) is 0 Å². The van der Waals surface area contributed by atoms with Gasteiger partial charge >= 0.3 is 0 Å². The van der Waals surface area contributed by atoms with Crippen molar-refractivity contribution in [2.75, 3.05) is 19.8 Å². The van der Waals surface area contributed by atoms with Crippen molar-refractivity contribution in [3.63, 3.8) is 0 Å². The molecule has 1 saturated heterocycles. The van der Waals surface area contributed by atoms with E-state index in [4.69, 9.17) is 15.2 Å². The van der Waals surface area contributed by atoms with Crippen LogP contribution in [0.5, 0.6) is 0 Å². The first-order valence-corrected chi connectivity index (χ1v) is 5.28. The van der Waals surface area contributed by atoms with E-state index < -0.39 is 0 Å². The van der Waals surface area contributed by atoms with Gasteiger partial charge in [-0.3, -0.25) is 4.68 Å². The number of nitrogens with two attached hydrogens (primary N) is 1. The minimum atomic E-state index is -0.148. The molecule has 0 amide bonds. The molecule has 2 heterocycles. The quantitative estimate of drug-likeness (QED) is 0.782. The molecule has 1 fully saturated rings. The summed E-state index contributed by atoms with van der Waals surface area (Å²) in [7, 11) is 0. The number of aromatic nitrogens is 2. The fourth-order valence-corrected chi connectivity index (χ4v) is 1.65. The molecular weight excluding hydrogens is 194 g/mol. The van der Waals surface area contributed by atoms with Crippen LogP contribution in [0.4, 0.5) is 0 Å². The Bertz CT molecular complexity index is 307. The van der Waals surface area contributed by atoms with Crippen molar-refractivity contribution in [3.05, 3.63) is 18.0 Å². The van der Waals surface area contributed by atoms with E-state index in [9.17, 15) is 0 Å². The van der Waals surface area contributed by atoms with Gasteiger partial charge in [0.15, 0.2) is 0 Å². The lowest BCUT2D eigenvalue weighted by atomic mass is 10.1. The van der Waals surface area contributed by atoms with Gasteiger partial charge in [0, 0.05) is 18.3 Å². The number of aryl methyl sites for hydroxylation is 1. The lowest BCUT2D eigenvalue weighted by Crippen LogP contribution is -2.37. The molecule has 5 heteroatoms. The molecule has 15 heavy (non-hydrogen) atoms. The highest BCUT2D eigenvalue weighted by atomic mass is 16.6. The molecule has 2 rings (SSSR count). The van der Waals surface area contributed by atoms with E-state index in [1.807, 2.05) is 17.8 Å². The molecule has 1 aliphatic heterocycles. The maximum absolute atomic E-state index is 6.08. The normalized spacial score (nSPS) is 24.0. The molecule has 0 aliphatic carbocycles. The number of ether oxygens (including phenoxy) is 2. The molecule has 2 atom stereocenters. The number of hydrogen-bond acceptors (Lipinski definition) is 4. The van der Waals surface area contributed by atoms with Gasteiger partial charge in [-0.25, -0.2) is 0 Å². The molecule has 1 aliphatic rings. The minimum absolute atomic E-state index is 0.0479. The summed E-state index contributed by atoms with van der Waals surface area (Å²) in [5.74, 6) is 0. The largest absolute Gasteiger partial charge is 0.376 e. The van der Waals surface area contributed by atoms with Crippen molar-refractivity contribution in [2.24, 2.45) is 5.73 Å². The first-order valence-electron chi connectivity index (χ1n) is 5.28. The highest BCUT2D eigenvalue weighted by Crippen LogP contribution is 2.18. The fraction of sp³-hybridized carbons (Fsp3) is 0.700. The van der Waals surface area contributed by atoms with Gasteiger partial charge in [-0.2, -0.15) is 5.10 Å². The molecule has 84 valence electrons. The van der Waals surface area contributed by atoms with E-state index in [1.54, 1.807) is 6.20 Å². The van der Waals surface area contributed by atoms with Gasteiger partial charge in [0.05, 0.1) is 32.1 Å². The van der Waals surface area contributed by atoms with E-state index >= 15 is 0 Å². The Morgan fingerprint density at radius 2 is 2.53 bits per heavy atom. The second-order valence-electron chi connectivity index (χ2n) is 3.64. The molecule has 5 nitrogen and oxygen atoms in total. The van der Waals surface area contributed by atoms with Crippen molar-refractivity contribution in [2.45, 2.75) is 25.6 Å². The van der Waals surface area contributed by atoms with Crippen LogP contribution in [0.2, 0.25) is 0 Å². The van der Waals surface area contributed by atoms with Gasteiger partial charge in [-0.1, -0.05) is 0 Å². The Kier molecular flexibility index (Phi) is 3.35. The van der Waals surface area contributed by atoms with Crippen LogP contribution in [0.25, 0.3) is 0 Å². The van der Waals surface area contributed by atoms with Crippen molar-refractivity contribution >= 4 is 0 Å². The van der Waals surface area contributed by atoms with Crippen molar-refractivity contribution < 1.29 is 9.47 Å². The SMILES string of the molecule is CCn1cc(C(N)C2COCCO2)cn1. The average Bonchev–Trinajstić information content (AvgIpc) is 2.78. The maximum atomic E-state index is 6.08. The van der Waals surface area contributed by atoms with E-state index in [0.717, 1.165) is 12.1 Å². The molecule has 2 unspecified atom stereocenters. The van der Waals surface area contributed by atoms with Gasteiger partial charge in [-0.05, 0) is 6.92 Å². The third kappa shape index (κ3) is 2.37. The van der Waals surface area contributed by atoms with E-state index in [1.165, 1.54) is 0 Å². The summed E-state index contributed by atoms with van der Waals surface area (Å²) < 4.78 is 12.7. The number of nitrogens with zero attached hydrogens (tertiary/aromatic N) is 2. The van der Waals surface area contributed by atoms with Crippen LogP contribution in [0.1, 0.15) is 18.5 Å². The van der Waals surface area contributed by atoms with E-state index in [2.05, 4.69) is 5.10 Å². The maximum Gasteiger partial charge on any atom is 0.100 e. The Morgan fingerprint density at radius 3 is 3.13 bits per heavy atom. The van der Waals surface area contributed by atoms with Crippen molar-refractivity contribution in [3.8, 4) is 0 Å². The third-order valence-corrected chi connectivity index (χ3v) is 2.60. The summed E-state index contributed by atoms with van der Waals surface area (Å²) in [6.07, 6.45) is 3.71. The van der Waals surface area contributed by atoms with Gasteiger partial charge in [0.25, 0.3) is 0 Å². The lowest BCUT2D eigenvalue weighted by molar-refractivity contribution is -0.0975. The lowest BCUT2D eigenvalue weighted by Gasteiger charge is -2.27. The number of rotatable bonds is 3. The van der Waals surface area contributed by atoms with Crippen LogP contribution >= 0.6 is 0 Å². The van der Waals surface area contributed by atoms with Crippen LogP contribution < -0.4 is 5.73 Å². The molecular formula is C10H17N3O2. The van der Waals surface area contributed by atoms with Gasteiger partial charge in [0.1, 0.15) is 6.10 Å². The Morgan fingerprint density at radius 1 is 1.67 bits per heavy atom. The van der Waals surface area contributed by atoms with Crippen LogP contribution in [0.15, 0.2) is 12.4 Å². The Labute approximate surface area is 89.2 Å². The molecule has 0 spiro atoms. The smallest absolute Gasteiger partial charge is 0.100 e. The van der Waals surface area contributed by atoms with Gasteiger partial charge in [-0.15, -0.1) is 0 Å². The topological polar surface area (TPSA) is 62.3 Å². The molecule has 1 aromatic heterocycles. The Hall–Kier alpha value is -0.910. The van der Waals surface area contributed by atoms with Crippen LogP contribution in [0, 0.1) is 0 Å². The minimum Gasteiger partial charge on any atom is -0.376 e. The molecule has 0 bridgehead atoms. The zero-order valence-electron chi connectivity index (χ0n) is 8.93. The Balaban J connectivity index is 2.02. The predicted octanol–water partition coefficient (Wildman–Crippen LogP) is 0.318. The summed E-state index contributed by atoms with van der Waals surface area (Å²) in [6, 6.07) is -0.148. The zero-order valence-corrected chi connectivity index (χ0v) is 8.93. The first kappa shape index (κ1) is 10.6. The molecule has 2 N–H and O–H groups in total. The summed E-state index contributed by atoms with van der Waals surface area (Å²) in [5.41, 5.74) is 7.09. The van der Waals surface area contributed by atoms with E-state index in [-0.39, 0.29) is 12.1 Å². The van der Waals surface area contributed by atoms with E-state index in [0.29, 0.717) is 19.8 Å². The summed E-state index contributed by atoms with van der Waals surface area (Å²) in [5, 5.41) is 4.19. The predicted molar refractivity (Wildman–Crippen MR) is 55.4 cm³/mol. The van der Waals surface area contributed by atoms with Crippen LogP contribution in [-0.4, -0.2) is 35.7 Å². The summed E-state index contributed by atoms with van der Waals surface area (Å²) in [6.45, 7) is 4.76. The van der Waals surface area contributed by atoms with Crippen molar-refractivity contribution in [1.82, 2.24) is 9.78 Å². The second-order valence-corrected chi connectivity index (χ2v) is 3.64. The van der Waals surface area contributed by atoms with Crippen molar-refractivity contribution in [1.29, 1.82) is 0 Å². The number of hydrogen-bond donors (Lipinski definition) is 1. The first-order chi connectivity index (χ1) is 7.31. The second kappa shape index (κ2) is 4.74.